The fraction of sp³-hybridized carbons (Fsp3) is 0.167. The van der Waals surface area contributed by atoms with Crippen LogP contribution in [0.4, 0.5) is 11.4 Å². The Morgan fingerprint density at radius 1 is 1.04 bits per heavy atom. The Hall–Kier alpha value is -3.40. The second kappa shape index (κ2) is 9.00. The molecule has 144 valence electrons. The van der Waals surface area contributed by atoms with Crippen molar-refractivity contribution in [2.24, 2.45) is 7.05 Å². The van der Waals surface area contributed by atoms with E-state index < -0.39 is 0 Å². The summed E-state index contributed by atoms with van der Waals surface area (Å²) in [6.07, 6.45) is 0. The van der Waals surface area contributed by atoms with Crippen LogP contribution in [0.2, 0.25) is 0 Å². The first-order chi connectivity index (χ1) is 13.5. The molecule has 0 aliphatic carbocycles. The zero-order valence-electron chi connectivity index (χ0n) is 15.2. The quantitative estimate of drug-likeness (QED) is 0.587. The van der Waals surface area contributed by atoms with E-state index in [4.69, 9.17) is 4.74 Å². The van der Waals surface area contributed by atoms with Crippen LogP contribution in [0.15, 0.2) is 53.7 Å². The lowest BCUT2D eigenvalue weighted by Crippen LogP contribution is -2.15. The Morgan fingerprint density at radius 2 is 1.68 bits per heavy atom. The summed E-state index contributed by atoms with van der Waals surface area (Å²) in [5, 5.41) is 17.2. The molecule has 0 saturated carbocycles. The van der Waals surface area contributed by atoms with Gasteiger partial charge in [-0.3, -0.25) is 9.59 Å². The molecule has 0 radical (unpaired) electrons. The van der Waals surface area contributed by atoms with Crippen LogP contribution in [0.25, 0.3) is 0 Å². The van der Waals surface area contributed by atoms with Crippen molar-refractivity contribution >= 4 is 35.0 Å². The van der Waals surface area contributed by atoms with Crippen LogP contribution in [0.3, 0.4) is 0 Å². The number of anilines is 2. The van der Waals surface area contributed by atoms with Crippen LogP contribution in [0.5, 0.6) is 5.75 Å². The molecule has 0 bridgehead atoms. The van der Waals surface area contributed by atoms with Gasteiger partial charge in [0.25, 0.3) is 5.91 Å². The molecule has 0 aliphatic rings. The highest BCUT2D eigenvalue weighted by molar-refractivity contribution is 7.99. The molecule has 1 aromatic heterocycles. The highest BCUT2D eigenvalue weighted by Gasteiger charge is 2.10. The maximum Gasteiger partial charge on any atom is 0.255 e. The summed E-state index contributed by atoms with van der Waals surface area (Å²) in [7, 11) is 3.29. The van der Waals surface area contributed by atoms with Crippen LogP contribution in [0.1, 0.15) is 10.4 Å². The second-order valence-corrected chi connectivity index (χ2v) is 6.62. The number of carbonyl (C=O) groups excluding carboxylic acids is 2. The minimum Gasteiger partial charge on any atom is -0.497 e. The molecule has 1 heterocycles. The van der Waals surface area contributed by atoms with Crippen molar-refractivity contribution in [1.82, 2.24) is 20.2 Å². The largest absolute Gasteiger partial charge is 0.497 e. The predicted molar refractivity (Wildman–Crippen MR) is 106 cm³/mol. The lowest BCUT2D eigenvalue weighted by molar-refractivity contribution is -0.113. The van der Waals surface area contributed by atoms with Gasteiger partial charge in [-0.2, -0.15) is 0 Å². The summed E-state index contributed by atoms with van der Waals surface area (Å²) in [6.45, 7) is 0. The average Bonchev–Trinajstić information content (AvgIpc) is 3.12. The van der Waals surface area contributed by atoms with Gasteiger partial charge in [0.2, 0.25) is 11.1 Å². The maximum absolute atomic E-state index is 12.3. The molecule has 28 heavy (non-hydrogen) atoms. The van der Waals surface area contributed by atoms with Crippen LogP contribution in [0, 0.1) is 0 Å². The highest BCUT2D eigenvalue weighted by Crippen LogP contribution is 2.17. The molecule has 10 heteroatoms. The normalized spacial score (nSPS) is 10.4. The standard InChI is InChI=1S/C18H18N6O3S/c1-24-18(21-22-23-24)28-11-16(25)19-13-5-3-12(4-6-13)17(26)20-14-7-9-15(27-2)10-8-14/h3-10H,11H2,1-2H3,(H,19,25)(H,20,26). The van der Waals surface area contributed by atoms with E-state index in [1.54, 1.807) is 62.7 Å². The number of carbonyl (C=O) groups is 2. The second-order valence-electron chi connectivity index (χ2n) is 5.68. The van der Waals surface area contributed by atoms with E-state index in [0.717, 1.165) is 0 Å². The number of amides is 2. The smallest absolute Gasteiger partial charge is 0.255 e. The van der Waals surface area contributed by atoms with Crippen molar-refractivity contribution < 1.29 is 14.3 Å². The number of hydrogen-bond donors (Lipinski definition) is 2. The lowest BCUT2D eigenvalue weighted by Gasteiger charge is -2.08. The molecule has 2 amide bonds. The highest BCUT2D eigenvalue weighted by atomic mass is 32.2. The molecule has 0 fully saturated rings. The fourth-order valence-electron chi connectivity index (χ4n) is 2.25. The summed E-state index contributed by atoms with van der Waals surface area (Å²) in [4.78, 5) is 24.3. The number of methoxy groups -OCH3 is 1. The number of thioether (sulfide) groups is 1. The van der Waals surface area contributed by atoms with Gasteiger partial charge in [0, 0.05) is 24.0 Å². The van der Waals surface area contributed by atoms with Crippen LogP contribution >= 0.6 is 11.8 Å². The van der Waals surface area contributed by atoms with Gasteiger partial charge in [0.15, 0.2) is 0 Å². The number of ether oxygens (including phenoxy) is 1. The van der Waals surface area contributed by atoms with Crippen molar-refractivity contribution in [1.29, 1.82) is 0 Å². The van der Waals surface area contributed by atoms with Gasteiger partial charge in [0.05, 0.1) is 12.9 Å². The molecule has 9 nitrogen and oxygen atoms in total. The third-order valence-electron chi connectivity index (χ3n) is 3.69. The molecular formula is C18H18N6O3S. The Labute approximate surface area is 165 Å². The molecule has 2 N–H and O–H groups in total. The van der Waals surface area contributed by atoms with Crippen molar-refractivity contribution in [3.05, 3.63) is 54.1 Å². The minimum atomic E-state index is -0.242. The first-order valence-electron chi connectivity index (χ1n) is 8.25. The molecule has 3 rings (SSSR count). The monoisotopic (exact) mass is 398 g/mol. The summed E-state index contributed by atoms with van der Waals surface area (Å²) < 4.78 is 6.58. The third kappa shape index (κ3) is 5.07. The molecule has 2 aromatic carbocycles. The zero-order chi connectivity index (χ0) is 19.9. The van der Waals surface area contributed by atoms with E-state index in [0.29, 0.717) is 27.8 Å². The Kier molecular flexibility index (Phi) is 6.22. The number of hydrogen-bond acceptors (Lipinski definition) is 7. The first kappa shape index (κ1) is 19.4. The van der Waals surface area contributed by atoms with E-state index in [9.17, 15) is 9.59 Å². The van der Waals surface area contributed by atoms with Gasteiger partial charge in [-0.1, -0.05) is 11.8 Å². The predicted octanol–water partition coefficient (Wildman–Crippen LogP) is 2.20. The van der Waals surface area contributed by atoms with Crippen molar-refractivity contribution in [3.8, 4) is 5.75 Å². The third-order valence-corrected chi connectivity index (χ3v) is 4.70. The van der Waals surface area contributed by atoms with Gasteiger partial charge in [-0.25, -0.2) is 4.68 Å². The number of aryl methyl sites for hydroxylation is 1. The van der Waals surface area contributed by atoms with Crippen molar-refractivity contribution in [3.63, 3.8) is 0 Å². The molecule has 3 aromatic rings. The summed E-state index contributed by atoms with van der Waals surface area (Å²) in [6, 6.07) is 13.7. The van der Waals surface area contributed by atoms with Crippen LogP contribution in [-0.2, 0) is 11.8 Å². The molecule has 0 saturated heterocycles. The molecule has 0 unspecified atom stereocenters. The Balaban J connectivity index is 1.52. The van der Waals surface area contributed by atoms with Gasteiger partial charge >= 0.3 is 0 Å². The van der Waals surface area contributed by atoms with Gasteiger partial charge in [0.1, 0.15) is 5.75 Å². The van der Waals surface area contributed by atoms with Crippen molar-refractivity contribution in [2.75, 3.05) is 23.5 Å². The van der Waals surface area contributed by atoms with Crippen LogP contribution < -0.4 is 15.4 Å². The minimum absolute atomic E-state index is 0.175. The molecular weight excluding hydrogens is 380 g/mol. The van der Waals surface area contributed by atoms with Gasteiger partial charge in [-0.05, 0) is 59.0 Å². The Morgan fingerprint density at radius 3 is 2.29 bits per heavy atom. The molecule has 0 aliphatic heterocycles. The number of benzene rings is 2. The number of nitrogens with one attached hydrogen (secondary N) is 2. The lowest BCUT2D eigenvalue weighted by atomic mass is 10.2. The fourth-order valence-corrected chi connectivity index (χ4v) is 2.90. The summed E-state index contributed by atoms with van der Waals surface area (Å²) in [5.41, 5.74) is 1.74. The van der Waals surface area contributed by atoms with Gasteiger partial charge in [-0.15, -0.1) is 5.10 Å². The number of tetrazole rings is 1. The number of aromatic nitrogens is 4. The van der Waals surface area contributed by atoms with Gasteiger partial charge < -0.3 is 15.4 Å². The average molecular weight is 398 g/mol. The first-order valence-corrected chi connectivity index (χ1v) is 9.24. The van der Waals surface area contributed by atoms with E-state index >= 15 is 0 Å². The zero-order valence-corrected chi connectivity index (χ0v) is 16.1. The number of rotatable bonds is 7. The summed E-state index contributed by atoms with van der Waals surface area (Å²) in [5.74, 6) is 0.456. The molecule has 0 spiro atoms. The maximum atomic E-state index is 12.3. The Bertz CT molecular complexity index is 956. The SMILES string of the molecule is COc1ccc(NC(=O)c2ccc(NC(=O)CSc3nnnn3C)cc2)cc1. The van der Waals surface area contributed by atoms with E-state index in [1.807, 2.05) is 0 Å². The topological polar surface area (TPSA) is 111 Å². The molecule has 0 atom stereocenters. The van der Waals surface area contributed by atoms with Crippen LogP contribution in [-0.4, -0.2) is 44.9 Å². The van der Waals surface area contributed by atoms with E-state index in [2.05, 4.69) is 26.2 Å². The number of nitrogens with zero attached hydrogens (tertiary/aromatic N) is 4. The summed E-state index contributed by atoms with van der Waals surface area (Å²) >= 11 is 1.23. The van der Waals surface area contributed by atoms with E-state index in [1.165, 1.54) is 16.4 Å². The van der Waals surface area contributed by atoms with E-state index in [-0.39, 0.29) is 17.6 Å². The van der Waals surface area contributed by atoms with Crippen molar-refractivity contribution in [2.45, 2.75) is 5.16 Å².